The molecule has 4 heterocycles. The fourth-order valence-corrected chi connectivity index (χ4v) is 4.78. The zero-order chi connectivity index (χ0) is 18.1. The van der Waals surface area contributed by atoms with Crippen molar-refractivity contribution < 1.29 is 0 Å². The summed E-state index contributed by atoms with van der Waals surface area (Å²) in [6, 6.07) is 5.57. The summed E-state index contributed by atoms with van der Waals surface area (Å²) >= 11 is 0. The molecular weight excluding hydrogens is 322 g/mol. The smallest absolute Gasteiger partial charge is 0.126 e. The van der Waals surface area contributed by atoms with E-state index in [0.29, 0.717) is 18.1 Å². The summed E-state index contributed by atoms with van der Waals surface area (Å²) in [6.07, 6.45) is 12.2. The Morgan fingerprint density at radius 1 is 0.962 bits per heavy atom. The average molecular weight is 354 g/mol. The molecule has 2 fully saturated rings. The number of hydrogen-bond acceptors (Lipinski definition) is 4. The van der Waals surface area contributed by atoms with Crippen molar-refractivity contribution in [1.29, 1.82) is 0 Å². The minimum Gasteiger partial charge on any atom is -0.330 e. The second-order valence-corrected chi connectivity index (χ2v) is 8.06. The fraction of sp³-hybridized carbons (Fsp3) is 0.619. The van der Waals surface area contributed by atoms with Gasteiger partial charge in [0, 0.05) is 24.6 Å². The van der Waals surface area contributed by atoms with E-state index in [1.807, 2.05) is 18.5 Å². The quantitative estimate of drug-likeness (QED) is 0.842. The highest BCUT2D eigenvalue weighted by Gasteiger charge is 2.34. The normalized spacial score (nSPS) is 26.3. The maximum absolute atomic E-state index is 4.82. The fourth-order valence-electron chi connectivity index (χ4n) is 4.78. The van der Waals surface area contributed by atoms with Gasteiger partial charge in [-0.15, -0.1) is 0 Å². The van der Waals surface area contributed by atoms with E-state index >= 15 is 0 Å². The molecule has 0 bridgehead atoms. The van der Waals surface area contributed by atoms with Crippen LogP contribution in [0.25, 0.3) is 0 Å². The molecule has 0 aliphatic carbocycles. The van der Waals surface area contributed by atoms with Crippen LogP contribution in [-0.4, -0.2) is 51.5 Å². The SMILES string of the molecule is Cc1cccnc1[C@@H]1CCCC(c2nccn2C2CCN(C)CC2)N1C. The number of pyridine rings is 1. The molecule has 0 N–H and O–H groups in total. The van der Waals surface area contributed by atoms with Crippen molar-refractivity contribution in [2.45, 2.75) is 57.2 Å². The third kappa shape index (κ3) is 3.30. The van der Waals surface area contributed by atoms with Gasteiger partial charge in [0.05, 0.1) is 17.8 Å². The van der Waals surface area contributed by atoms with E-state index in [0.717, 1.165) is 0 Å². The Labute approximate surface area is 157 Å². The van der Waals surface area contributed by atoms with E-state index in [9.17, 15) is 0 Å². The van der Waals surface area contributed by atoms with Gasteiger partial charge in [0.25, 0.3) is 0 Å². The molecular formula is C21H31N5. The van der Waals surface area contributed by atoms with Crippen LogP contribution >= 0.6 is 0 Å². The minimum atomic E-state index is 0.379. The van der Waals surface area contributed by atoms with Gasteiger partial charge in [0.1, 0.15) is 5.82 Å². The van der Waals surface area contributed by atoms with Crippen LogP contribution in [-0.2, 0) is 0 Å². The van der Waals surface area contributed by atoms with E-state index < -0.39 is 0 Å². The Kier molecular flexibility index (Phi) is 5.09. The van der Waals surface area contributed by atoms with Gasteiger partial charge in [-0.2, -0.15) is 0 Å². The Bertz CT molecular complexity index is 732. The number of aryl methyl sites for hydroxylation is 1. The molecule has 2 aromatic heterocycles. The lowest BCUT2D eigenvalue weighted by Gasteiger charge is -2.40. The number of aromatic nitrogens is 3. The van der Waals surface area contributed by atoms with Crippen molar-refractivity contribution in [3.63, 3.8) is 0 Å². The maximum Gasteiger partial charge on any atom is 0.126 e. The number of piperidine rings is 2. The van der Waals surface area contributed by atoms with Gasteiger partial charge in [-0.05, 0) is 77.8 Å². The van der Waals surface area contributed by atoms with E-state index in [1.54, 1.807) is 0 Å². The van der Waals surface area contributed by atoms with Crippen molar-refractivity contribution in [3.8, 4) is 0 Å². The predicted octanol–water partition coefficient (Wildman–Crippen LogP) is 3.75. The largest absolute Gasteiger partial charge is 0.330 e. The zero-order valence-corrected chi connectivity index (χ0v) is 16.3. The molecule has 26 heavy (non-hydrogen) atoms. The first kappa shape index (κ1) is 17.7. The third-order valence-electron chi connectivity index (χ3n) is 6.38. The number of hydrogen-bond donors (Lipinski definition) is 0. The molecule has 1 unspecified atom stereocenters. The molecule has 0 spiro atoms. The summed E-state index contributed by atoms with van der Waals surface area (Å²) in [5, 5.41) is 0. The van der Waals surface area contributed by atoms with Gasteiger partial charge in [-0.25, -0.2) is 4.98 Å². The topological polar surface area (TPSA) is 37.2 Å². The second-order valence-electron chi connectivity index (χ2n) is 8.06. The number of nitrogens with zero attached hydrogens (tertiary/aromatic N) is 5. The van der Waals surface area contributed by atoms with Gasteiger partial charge in [-0.3, -0.25) is 9.88 Å². The highest BCUT2D eigenvalue weighted by molar-refractivity contribution is 5.22. The van der Waals surface area contributed by atoms with Crippen LogP contribution in [0.4, 0.5) is 0 Å². The van der Waals surface area contributed by atoms with Crippen molar-refractivity contribution in [1.82, 2.24) is 24.3 Å². The van der Waals surface area contributed by atoms with E-state index in [2.05, 4.69) is 47.6 Å². The van der Waals surface area contributed by atoms with Crippen LogP contribution in [0.1, 0.15) is 67.3 Å². The summed E-state index contributed by atoms with van der Waals surface area (Å²) < 4.78 is 2.47. The van der Waals surface area contributed by atoms with Crippen LogP contribution in [0.3, 0.4) is 0 Å². The van der Waals surface area contributed by atoms with Gasteiger partial charge < -0.3 is 9.47 Å². The van der Waals surface area contributed by atoms with Gasteiger partial charge >= 0.3 is 0 Å². The molecule has 2 aromatic rings. The monoisotopic (exact) mass is 353 g/mol. The summed E-state index contributed by atoms with van der Waals surface area (Å²) in [6.45, 7) is 4.54. The highest BCUT2D eigenvalue weighted by atomic mass is 15.2. The van der Waals surface area contributed by atoms with Crippen molar-refractivity contribution >= 4 is 0 Å². The second kappa shape index (κ2) is 7.49. The Morgan fingerprint density at radius 2 is 1.73 bits per heavy atom. The number of imidazole rings is 1. The van der Waals surface area contributed by atoms with Crippen LogP contribution in [0.5, 0.6) is 0 Å². The van der Waals surface area contributed by atoms with Crippen molar-refractivity contribution in [2.24, 2.45) is 0 Å². The standard InChI is InChI=1S/C21H31N5/c1-16-6-5-11-22-20(16)18-7-4-8-19(25(18)3)21-23-12-15-26(21)17-9-13-24(2)14-10-17/h5-6,11-12,15,17-19H,4,7-10,13-14H2,1-3H3/t18-,19?/m0/s1. The van der Waals surface area contributed by atoms with Crippen LogP contribution in [0.2, 0.25) is 0 Å². The first-order chi connectivity index (χ1) is 12.6. The molecule has 5 heteroatoms. The van der Waals surface area contributed by atoms with E-state index in [1.165, 1.54) is 62.3 Å². The predicted molar refractivity (Wildman–Crippen MR) is 104 cm³/mol. The molecule has 2 aliphatic heterocycles. The van der Waals surface area contributed by atoms with Crippen LogP contribution < -0.4 is 0 Å². The Hall–Kier alpha value is -1.72. The van der Waals surface area contributed by atoms with E-state index in [-0.39, 0.29) is 0 Å². The summed E-state index contributed by atoms with van der Waals surface area (Å²) in [5.74, 6) is 1.25. The first-order valence-electron chi connectivity index (χ1n) is 10.00. The molecule has 0 amide bonds. The lowest BCUT2D eigenvalue weighted by atomic mass is 9.91. The Morgan fingerprint density at radius 3 is 2.50 bits per heavy atom. The van der Waals surface area contributed by atoms with Gasteiger partial charge in [0.2, 0.25) is 0 Å². The van der Waals surface area contributed by atoms with Gasteiger partial charge in [0.15, 0.2) is 0 Å². The molecule has 2 atom stereocenters. The summed E-state index contributed by atoms with van der Waals surface area (Å²) in [5.41, 5.74) is 2.53. The third-order valence-corrected chi connectivity index (χ3v) is 6.38. The number of likely N-dealkylation sites (tertiary alicyclic amines) is 2. The van der Waals surface area contributed by atoms with Crippen molar-refractivity contribution in [2.75, 3.05) is 27.2 Å². The highest BCUT2D eigenvalue weighted by Crippen LogP contribution is 2.41. The number of rotatable bonds is 3. The molecule has 140 valence electrons. The summed E-state index contributed by atoms with van der Waals surface area (Å²) in [4.78, 5) is 14.5. The average Bonchev–Trinajstić information content (AvgIpc) is 3.13. The summed E-state index contributed by atoms with van der Waals surface area (Å²) in [7, 11) is 4.48. The van der Waals surface area contributed by atoms with Crippen molar-refractivity contribution in [3.05, 3.63) is 47.8 Å². The minimum absolute atomic E-state index is 0.379. The van der Waals surface area contributed by atoms with Gasteiger partial charge in [-0.1, -0.05) is 6.07 Å². The molecule has 2 saturated heterocycles. The zero-order valence-electron chi connectivity index (χ0n) is 16.3. The Balaban J connectivity index is 1.58. The van der Waals surface area contributed by atoms with Crippen LogP contribution in [0, 0.1) is 6.92 Å². The molecule has 4 rings (SSSR count). The molecule has 5 nitrogen and oxygen atoms in total. The molecule has 0 aromatic carbocycles. The maximum atomic E-state index is 4.82. The molecule has 0 saturated carbocycles. The molecule has 0 radical (unpaired) electrons. The van der Waals surface area contributed by atoms with E-state index in [4.69, 9.17) is 9.97 Å². The lowest BCUT2D eigenvalue weighted by molar-refractivity contribution is 0.0997. The lowest BCUT2D eigenvalue weighted by Crippen LogP contribution is -2.37. The van der Waals surface area contributed by atoms with Crippen LogP contribution in [0.15, 0.2) is 30.7 Å². The first-order valence-corrected chi connectivity index (χ1v) is 10.00. The molecule has 2 aliphatic rings.